The lowest BCUT2D eigenvalue weighted by Gasteiger charge is -2.31. The molecule has 1 aromatic carbocycles. The largest absolute Gasteiger partial charge is 0.357 e. The molecule has 2 aromatic heterocycles. The number of H-pyrrole nitrogens is 1. The number of benzene rings is 1. The normalized spacial score (nSPS) is 21.0. The van der Waals surface area contributed by atoms with Gasteiger partial charge in [-0.2, -0.15) is 0 Å². The van der Waals surface area contributed by atoms with Gasteiger partial charge in [-0.3, -0.25) is 4.98 Å². The van der Waals surface area contributed by atoms with E-state index >= 15 is 0 Å². The molecule has 0 bridgehead atoms. The van der Waals surface area contributed by atoms with E-state index in [2.05, 4.69) is 39.6 Å². The average molecular weight is 345 g/mol. The van der Waals surface area contributed by atoms with Crippen LogP contribution < -0.4 is 5.32 Å². The highest BCUT2D eigenvalue weighted by Gasteiger charge is 2.26. The minimum absolute atomic E-state index is 0.496. The molecule has 2 aliphatic carbocycles. The third kappa shape index (κ3) is 2.95. The van der Waals surface area contributed by atoms with Gasteiger partial charge in [-0.05, 0) is 61.4 Å². The average Bonchev–Trinajstić information content (AvgIpc) is 3.08. The second-order valence-corrected chi connectivity index (χ2v) is 7.97. The van der Waals surface area contributed by atoms with Gasteiger partial charge in [0.1, 0.15) is 0 Å². The summed E-state index contributed by atoms with van der Waals surface area (Å²) in [5.74, 6) is 0. The van der Waals surface area contributed by atoms with Crippen molar-refractivity contribution >= 4 is 10.9 Å². The van der Waals surface area contributed by atoms with Gasteiger partial charge in [0, 0.05) is 46.6 Å². The zero-order valence-electron chi connectivity index (χ0n) is 15.3. The topological polar surface area (TPSA) is 40.7 Å². The summed E-state index contributed by atoms with van der Waals surface area (Å²) in [7, 11) is 0. The van der Waals surface area contributed by atoms with Crippen molar-refractivity contribution in [2.75, 3.05) is 0 Å². The number of nitrogens with zero attached hydrogens (tertiary/aromatic N) is 1. The molecule has 0 radical (unpaired) electrons. The van der Waals surface area contributed by atoms with E-state index in [1.54, 1.807) is 0 Å². The monoisotopic (exact) mass is 345 g/mol. The van der Waals surface area contributed by atoms with Gasteiger partial charge >= 0.3 is 0 Å². The number of pyridine rings is 1. The van der Waals surface area contributed by atoms with Crippen molar-refractivity contribution in [1.29, 1.82) is 0 Å². The number of hydrogen-bond acceptors (Lipinski definition) is 2. The Bertz CT molecular complexity index is 890. The van der Waals surface area contributed by atoms with E-state index in [-0.39, 0.29) is 0 Å². The Balaban J connectivity index is 1.49. The van der Waals surface area contributed by atoms with Crippen molar-refractivity contribution in [1.82, 2.24) is 15.3 Å². The van der Waals surface area contributed by atoms with Crippen molar-refractivity contribution in [3.05, 3.63) is 54.0 Å². The first kappa shape index (κ1) is 16.1. The van der Waals surface area contributed by atoms with Crippen molar-refractivity contribution in [2.24, 2.45) is 0 Å². The van der Waals surface area contributed by atoms with E-state index in [9.17, 15) is 0 Å². The lowest BCUT2D eigenvalue weighted by atomic mass is 9.88. The number of hydrogen-bond donors (Lipinski definition) is 2. The third-order valence-corrected chi connectivity index (χ3v) is 6.24. The van der Waals surface area contributed by atoms with Crippen molar-refractivity contribution in [2.45, 2.75) is 63.5 Å². The van der Waals surface area contributed by atoms with Gasteiger partial charge in [-0.25, -0.2) is 0 Å². The molecule has 134 valence electrons. The molecule has 1 unspecified atom stereocenters. The highest BCUT2D eigenvalue weighted by Crippen LogP contribution is 2.37. The maximum Gasteiger partial charge on any atom is 0.0478 e. The number of nitrogens with one attached hydrogen (secondary N) is 2. The van der Waals surface area contributed by atoms with Crippen LogP contribution in [-0.4, -0.2) is 16.0 Å². The van der Waals surface area contributed by atoms with Crippen LogP contribution in [0.15, 0.2) is 42.7 Å². The second kappa shape index (κ2) is 6.88. The molecule has 2 heterocycles. The Hall–Kier alpha value is -2.13. The van der Waals surface area contributed by atoms with Crippen LogP contribution in [0.1, 0.15) is 62.2 Å². The Morgan fingerprint density at radius 2 is 1.88 bits per heavy atom. The minimum Gasteiger partial charge on any atom is -0.357 e. The highest BCUT2D eigenvalue weighted by molar-refractivity contribution is 5.89. The predicted molar refractivity (Wildman–Crippen MR) is 107 cm³/mol. The molecule has 0 spiro atoms. The van der Waals surface area contributed by atoms with Crippen LogP contribution in [0.4, 0.5) is 0 Å². The van der Waals surface area contributed by atoms with E-state index < -0.39 is 0 Å². The van der Waals surface area contributed by atoms with Crippen molar-refractivity contribution in [3.8, 4) is 11.1 Å². The molecule has 3 heteroatoms. The van der Waals surface area contributed by atoms with Gasteiger partial charge in [0.15, 0.2) is 0 Å². The summed E-state index contributed by atoms with van der Waals surface area (Å²) in [5, 5.41) is 5.38. The smallest absolute Gasteiger partial charge is 0.0478 e. The van der Waals surface area contributed by atoms with E-state index in [4.69, 9.17) is 0 Å². The fourth-order valence-corrected chi connectivity index (χ4v) is 4.90. The van der Waals surface area contributed by atoms with Gasteiger partial charge < -0.3 is 10.3 Å². The van der Waals surface area contributed by atoms with Crippen molar-refractivity contribution in [3.63, 3.8) is 0 Å². The number of aryl methyl sites for hydroxylation is 1. The van der Waals surface area contributed by atoms with Gasteiger partial charge in [-0.1, -0.05) is 31.4 Å². The molecule has 0 saturated heterocycles. The molecule has 1 saturated carbocycles. The lowest BCUT2D eigenvalue weighted by Crippen LogP contribution is -2.36. The molecular formula is C23H27N3. The summed E-state index contributed by atoms with van der Waals surface area (Å²) in [5.41, 5.74) is 6.71. The van der Waals surface area contributed by atoms with Gasteiger partial charge in [0.25, 0.3) is 0 Å². The molecule has 3 nitrogen and oxygen atoms in total. The third-order valence-electron chi connectivity index (χ3n) is 6.24. The summed E-state index contributed by atoms with van der Waals surface area (Å²) in [6.07, 6.45) is 14.4. The predicted octanol–water partition coefficient (Wildman–Crippen LogP) is 5.53. The van der Waals surface area contributed by atoms with E-state index in [1.807, 2.05) is 18.5 Å². The molecular weight excluding hydrogens is 318 g/mol. The summed E-state index contributed by atoms with van der Waals surface area (Å²) in [6.45, 7) is 0. The molecule has 1 atom stereocenters. The molecule has 0 amide bonds. The molecule has 0 aliphatic heterocycles. The van der Waals surface area contributed by atoms with Crippen LogP contribution in [0.2, 0.25) is 0 Å². The van der Waals surface area contributed by atoms with Crippen LogP contribution in [0, 0.1) is 0 Å². The first-order chi connectivity index (χ1) is 12.9. The maximum atomic E-state index is 4.28. The molecule has 5 rings (SSSR count). The second-order valence-electron chi connectivity index (χ2n) is 7.97. The summed E-state index contributed by atoms with van der Waals surface area (Å²) < 4.78 is 0. The number of rotatable bonds is 3. The summed E-state index contributed by atoms with van der Waals surface area (Å²) in [6, 6.07) is 12.2. The van der Waals surface area contributed by atoms with E-state index in [1.165, 1.54) is 84.7 Å². The summed E-state index contributed by atoms with van der Waals surface area (Å²) in [4.78, 5) is 8.03. The number of aromatic amines is 1. The molecule has 3 aromatic rings. The summed E-state index contributed by atoms with van der Waals surface area (Å²) >= 11 is 0. The van der Waals surface area contributed by atoms with Crippen LogP contribution in [0.25, 0.3) is 22.0 Å². The standard InChI is InChI=1S/C23H27N3/c1-2-7-18(8-3-1)25-22-10-4-9-19-20-14-16(17-6-5-13-24-15-17)11-12-21(20)26-23(19)22/h5-6,11-15,18,22,25-26H,1-4,7-10H2. The van der Waals surface area contributed by atoms with Gasteiger partial charge in [-0.15, -0.1) is 0 Å². The van der Waals surface area contributed by atoms with Crippen LogP contribution in [0.3, 0.4) is 0 Å². The van der Waals surface area contributed by atoms with Gasteiger partial charge in [0.05, 0.1) is 0 Å². The fourth-order valence-electron chi connectivity index (χ4n) is 4.90. The Kier molecular flexibility index (Phi) is 4.25. The zero-order valence-corrected chi connectivity index (χ0v) is 15.3. The number of aromatic nitrogens is 2. The van der Waals surface area contributed by atoms with Crippen LogP contribution >= 0.6 is 0 Å². The lowest BCUT2D eigenvalue weighted by molar-refractivity contribution is 0.318. The maximum absolute atomic E-state index is 4.28. The fraction of sp³-hybridized carbons (Fsp3) is 0.435. The van der Waals surface area contributed by atoms with Gasteiger partial charge in [0.2, 0.25) is 0 Å². The SMILES string of the molecule is c1cncc(-c2ccc3[nH]c4c(c3c2)CCCC4NC2CCCCC2)c1. The Labute approximate surface area is 155 Å². The van der Waals surface area contributed by atoms with Crippen LogP contribution in [0.5, 0.6) is 0 Å². The zero-order chi connectivity index (χ0) is 17.3. The first-order valence-electron chi connectivity index (χ1n) is 10.2. The highest BCUT2D eigenvalue weighted by atomic mass is 15.0. The van der Waals surface area contributed by atoms with E-state index in [0.29, 0.717) is 12.1 Å². The Morgan fingerprint density at radius 1 is 0.962 bits per heavy atom. The van der Waals surface area contributed by atoms with E-state index in [0.717, 1.165) is 0 Å². The first-order valence-corrected chi connectivity index (χ1v) is 10.2. The number of fused-ring (bicyclic) bond motifs is 3. The molecule has 26 heavy (non-hydrogen) atoms. The minimum atomic E-state index is 0.496. The molecule has 2 aliphatic rings. The van der Waals surface area contributed by atoms with Crippen LogP contribution in [-0.2, 0) is 6.42 Å². The quantitative estimate of drug-likeness (QED) is 0.655. The molecule has 1 fully saturated rings. The van der Waals surface area contributed by atoms with Crippen molar-refractivity contribution < 1.29 is 0 Å². The Morgan fingerprint density at radius 3 is 2.73 bits per heavy atom. The molecule has 2 N–H and O–H groups in total.